The first kappa shape index (κ1) is 13.1. The summed E-state index contributed by atoms with van der Waals surface area (Å²) >= 11 is 0. The van der Waals surface area contributed by atoms with Crippen LogP contribution in [0.3, 0.4) is 0 Å². The second-order valence-electron chi connectivity index (χ2n) is 3.24. The fourth-order valence-corrected chi connectivity index (χ4v) is 1.06. The molecule has 0 spiro atoms. The minimum absolute atomic E-state index is 0.0934. The highest BCUT2D eigenvalue weighted by Gasteiger charge is 2.30. The summed E-state index contributed by atoms with van der Waals surface area (Å²) in [5, 5.41) is 2.08. The molecule has 2 nitrogen and oxygen atoms in total. The summed E-state index contributed by atoms with van der Waals surface area (Å²) < 4.78 is 35.3. The van der Waals surface area contributed by atoms with E-state index in [4.69, 9.17) is 0 Å². The quantitative estimate of drug-likeness (QED) is 0.789. The smallest absolute Gasteiger partial charge is 0.345 e. The molecule has 0 saturated heterocycles. The predicted octanol–water partition coefficient (Wildman–Crippen LogP) is 2.11. The molecule has 0 radical (unpaired) electrons. The van der Waals surface area contributed by atoms with Crippen LogP contribution in [0.25, 0.3) is 0 Å². The van der Waals surface area contributed by atoms with Crippen molar-refractivity contribution in [3.05, 3.63) is 35.9 Å². The van der Waals surface area contributed by atoms with E-state index in [9.17, 15) is 18.0 Å². The molecule has 0 aliphatic rings. The Hall–Kier alpha value is -1.96. The van der Waals surface area contributed by atoms with Crippen molar-refractivity contribution >= 4 is 5.91 Å². The number of hydrogen-bond donors (Lipinski definition) is 1. The lowest BCUT2D eigenvalue weighted by atomic mass is 10.2. The number of amides is 1. The molecule has 1 rings (SSSR count). The van der Waals surface area contributed by atoms with E-state index in [1.165, 1.54) is 0 Å². The number of rotatable bonds is 2. The lowest BCUT2D eigenvalue weighted by Crippen LogP contribution is -2.28. The summed E-state index contributed by atoms with van der Waals surface area (Å²) in [7, 11) is 0. The molecule has 0 aromatic heterocycles. The van der Waals surface area contributed by atoms with Crippen LogP contribution in [0.2, 0.25) is 0 Å². The molecule has 1 aromatic rings. The number of halogens is 3. The molecule has 1 aromatic carbocycles. The zero-order valence-electron chi connectivity index (χ0n) is 8.84. The van der Waals surface area contributed by atoms with Gasteiger partial charge in [-0.15, -0.1) is 0 Å². The summed E-state index contributed by atoms with van der Waals surface area (Å²) in [6, 6.07) is 8.96. The van der Waals surface area contributed by atoms with Crippen molar-refractivity contribution < 1.29 is 18.0 Å². The van der Waals surface area contributed by atoms with E-state index in [0.717, 1.165) is 5.56 Å². The largest absolute Gasteiger partial charge is 0.397 e. The highest BCUT2D eigenvalue weighted by atomic mass is 19.4. The van der Waals surface area contributed by atoms with E-state index in [-0.39, 0.29) is 6.54 Å². The Kier molecular flexibility index (Phi) is 4.58. The number of alkyl halides is 3. The van der Waals surface area contributed by atoms with Crippen LogP contribution in [-0.4, -0.2) is 18.6 Å². The summed E-state index contributed by atoms with van der Waals surface area (Å²) in [6.07, 6.45) is -5.95. The summed E-state index contributed by atoms with van der Waals surface area (Å²) in [5.74, 6) is 4.22. The van der Waals surface area contributed by atoms with E-state index in [2.05, 4.69) is 17.2 Å². The van der Waals surface area contributed by atoms with Gasteiger partial charge in [-0.1, -0.05) is 30.0 Å². The van der Waals surface area contributed by atoms with Crippen molar-refractivity contribution in [3.8, 4) is 11.8 Å². The average molecular weight is 241 g/mol. The molecule has 0 aliphatic carbocycles. The lowest BCUT2D eigenvalue weighted by Gasteiger charge is -2.04. The molecular weight excluding hydrogens is 231 g/mol. The summed E-state index contributed by atoms with van der Waals surface area (Å²) in [5.41, 5.74) is 0.748. The van der Waals surface area contributed by atoms with Gasteiger partial charge in [-0.3, -0.25) is 4.79 Å². The maximum atomic E-state index is 11.8. The zero-order valence-corrected chi connectivity index (χ0v) is 8.84. The van der Waals surface area contributed by atoms with Crippen molar-refractivity contribution in [2.45, 2.75) is 12.6 Å². The van der Waals surface area contributed by atoms with E-state index in [1.54, 1.807) is 24.3 Å². The molecule has 0 heterocycles. The van der Waals surface area contributed by atoms with Crippen molar-refractivity contribution in [1.29, 1.82) is 0 Å². The monoisotopic (exact) mass is 241 g/mol. The normalized spacial score (nSPS) is 10.3. The van der Waals surface area contributed by atoms with Crippen LogP contribution in [-0.2, 0) is 4.79 Å². The highest BCUT2D eigenvalue weighted by molar-refractivity contribution is 5.76. The molecule has 0 aliphatic heterocycles. The Labute approximate surface area is 96.8 Å². The highest BCUT2D eigenvalue weighted by Crippen LogP contribution is 2.18. The summed E-state index contributed by atoms with van der Waals surface area (Å²) in [6.45, 7) is -0.0934. The average Bonchev–Trinajstić information content (AvgIpc) is 2.23. The van der Waals surface area contributed by atoms with Gasteiger partial charge >= 0.3 is 6.18 Å². The molecule has 0 saturated carbocycles. The van der Waals surface area contributed by atoms with Gasteiger partial charge in [-0.2, -0.15) is 13.2 Å². The maximum Gasteiger partial charge on any atom is 0.397 e. The lowest BCUT2D eigenvalue weighted by molar-refractivity contribution is -0.153. The van der Waals surface area contributed by atoms with Crippen LogP contribution in [0.4, 0.5) is 13.2 Å². The van der Waals surface area contributed by atoms with Gasteiger partial charge in [0, 0.05) is 5.56 Å². The molecule has 17 heavy (non-hydrogen) atoms. The standard InChI is InChI=1S/C12H10F3NO/c13-12(14,15)9-11(17)16-8-4-7-10-5-2-1-3-6-10/h1-3,5-6H,8-9H2,(H,16,17). The van der Waals surface area contributed by atoms with Gasteiger partial charge in [0.1, 0.15) is 6.42 Å². The third-order valence-corrected chi connectivity index (χ3v) is 1.74. The zero-order chi connectivity index (χ0) is 12.7. The summed E-state index contributed by atoms with van der Waals surface area (Å²) in [4.78, 5) is 10.8. The van der Waals surface area contributed by atoms with Crippen molar-refractivity contribution in [1.82, 2.24) is 5.32 Å². The fourth-order valence-electron chi connectivity index (χ4n) is 1.06. The molecule has 0 bridgehead atoms. The molecule has 0 fully saturated rings. The van der Waals surface area contributed by atoms with Crippen LogP contribution >= 0.6 is 0 Å². The van der Waals surface area contributed by atoms with Crippen LogP contribution in [0.1, 0.15) is 12.0 Å². The Morgan fingerprint density at radius 3 is 2.47 bits per heavy atom. The third-order valence-electron chi connectivity index (χ3n) is 1.74. The first-order valence-electron chi connectivity index (χ1n) is 4.85. The number of benzene rings is 1. The second-order valence-corrected chi connectivity index (χ2v) is 3.24. The predicted molar refractivity (Wildman–Crippen MR) is 57.0 cm³/mol. The number of carbonyl (C=O) groups is 1. The fraction of sp³-hybridized carbons (Fsp3) is 0.250. The van der Waals surface area contributed by atoms with Gasteiger partial charge in [-0.25, -0.2) is 0 Å². The third kappa shape index (κ3) is 6.25. The van der Waals surface area contributed by atoms with Crippen LogP contribution in [0.5, 0.6) is 0 Å². The van der Waals surface area contributed by atoms with Gasteiger partial charge in [0.15, 0.2) is 0 Å². The molecule has 90 valence electrons. The number of carbonyl (C=O) groups excluding carboxylic acids is 1. The van der Waals surface area contributed by atoms with Crippen LogP contribution in [0, 0.1) is 11.8 Å². The Bertz CT molecular complexity index is 429. The number of nitrogens with one attached hydrogen (secondary N) is 1. The van der Waals surface area contributed by atoms with E-state index in [1.807, 2.05) is 6.07 Å². The minimum Gasteiger partial charge on any atom is -0.345 e. The maximum absolute atomic E-state index is 11.8. The van der Waals surface area contributed by atoms with Crippen molar-refractivity contribution in [2.75, 3.05) is 6.54 Å². The first-order chi connectivity index (χ1) is 7.97. The van der Waals surface area contributed by atoms with Crippen molar-refractivity contribution in [2.24, 2.45) is 0 Å². The van der Waals surface area contributed by atoms with Gasteiger partial charge < -0.3 is 5.32 Å². The topological polar surface area (TPSA) is 29.1 Å². The first-order valence-corrected chi connectivity index (χ1v) is 4.85. The molecule has 1 amide bonds. The Morgan fingerprint density at radius 2 is 1.88 bits per heavy atom. The van der Waals surface area contributed by atoms with Crippen LogP contribution in [0.15, 0.2) is 30.3 Å². The van der Waals surface area contributed by atoms with Gasteiger partial charge in [0.2, 0.25) is 5.91 Å². The van der Waals surface area contributed by atoms with E-state index < -0.39 is 18.5 Å². The van der Waals surface area contributed by atoms with Gasteiger partial charge in [-0.05, 0) is 12.1 Å². The molecule has 5 heteroatoms. The number of hydrogen-bond acceptors (Lipinski definition) is 1. The second kappa shape index (κ2) is 5.94. The van der Waals surface area contributed by atoms with Crippen LogP contribution < -0.4 is 5.32 Å². The van der Waals surface area contributed by atoms with E-state index in [0.29, 0.717) is 0 Å². The van der Waals surface area contributed by atoms with Gasteiger partial charge in [0.05, 0.1) is 6.54 Å². The SMILES string of the molecule is O=C(CC(F)(F)F)NCC#Cc1ccccc1. The van der Waals surface area contributed by atoms with Crippen molar-refractivity contribution in [3.63, 3.8) is 0 Å². The molecular formula is C12H10F3NO. The van der Waals surface area contributed by atoms with E-state index >= 15 is 0 Å². The molecule has 0 unspecified atom stereocenters. The minimum atomic E-state index is -4.48. The molecule has 0 atom stereocenters. The van der Waals surface area contributed by atoms with Gasteiger partial charge in [0.25, 0.3) is 0 Å². The molecule has 1 N–H and O–H groups in total. The Balaban J connectivity index is 2.34. The Morgan fingerprint density at radius 1 is 1.24 bits per heavy atom.